The van der Waals surface area contributed by atoms with Gasteiger partial charge in [0.05, 0.1) is 23.5 Å². The second kappa shape index (κ2) is 9.11. The molecule has 26 heavy (non-hydrogen) atoms. The maximum atomic E-state index is 12.4. The molecule has 9 heteroatoms. The van der Waals surface area contributed by atoms with Crippen molar-refractivity contribution < 1.29 is 27.9 Å². The van der Waals surface area contributed by atoms with Crippen molar-refractivity contribution in [2.75, 3.05) is 20.3 Å². The number of sulfonamides is 1. The monoisotopic (exact) mass is 386 g/mol. The lowest BCUT2D eigenvalue weighted by Crippen LogP contribution is -2.50. The van der Waals surface area contributed by atoms with Crippen LogP contribution in [0.15, 0.2) is 29.2 Å². The van der Waals surface area contributed by atoms with Gasteiger partial charge in [-0.15, -0.1) is 0 Å². The standard InChI is InChI=1S/C17H26N2O6S/c1-12(2)10-18-26(23,24)14-7-5-13(6-8-14)16(22)19-17(3,11-25-4)9-15(20)21/h5-8,12,18H,9-11H2,1-4H3,(H,19,22)(H,20,21). The van der Waals surface area contributed by atoms with Gasteiger partial charge in [-0.25, -0.2) is 13.1 Å². The van der Waals surface area contributed by atoms with E-state index in [1.54, 1.807) is 6.92 Å². The number of nitrogens with one attached hydrogen (secondary N) is 2. The molecule has 0 aliphatic carbocycles. The summed E-state index contributed by atoms with van der Waals surface area (Å²) in [6, 6.07) is 5.44. The van der Waals surface area contributed by atoms with Crippen molar-refractivity contribution in [2.24, 2.45) is 5.92 Å². The van der Waals surface area contributed by atoms with Crippen LogP contribution in [0.2, 0.25) is 0 Å². The van der Waals surface area contributed by atoms with Gasteiger partial charge in [0.1, 0.15) is 0 Å². The molecule has 8 nitrogen and oxygen atoms in total. The Morgan fingerprint density at radius 1 is 1.23 bits per heavy atom. The molecule has 0 aliphatic rings. The molecule has 0 aliphatic heterocycles. The van der Waals surface area contributed by atoms with E-state index < -0.39 is 27.4 Å². The third kappa shape index (κ3) is 6.74. The zero-order valence-electron chi connectivity index (χ0n) is 15.4. The summed E-state index contributed by atoms with van der Waals surface area (Å²) in [5.74, 6) is -1.41. The molecule has 1 atom stereocenters. The number of carboxylic acids is 1. The van der Waals surface area contributed by atoms with Gasteiger partial charge in [-0.05, 0) is 37.1 Å². The van der Waals surface area contributed by atoms with E-state index in [9.17, 15) is 18.0 Å². The summed E-state index contributed by atoms with van der Waals surface area (Å²) in [5.41, 5.74) is -0.859. The topological polar surface area (TPSA) is 122 Å². The van der Waals surface area contributed by atoms with Gasteiger partial charge in [0.2, 0.25) is 10.0 Å². The van der Waals surface area contributed by atoms with Gasteiger partial charge in [-0.3, -0.25) is 9.59 Å². The fourth-order valence-corrected chi connectivity index (χ4v) is 3.49. The first-order valence-corrected chi connectivity index (χ1v) is 9.60. The van der Waals surface area contributed by atoms with Crippen LogP contribution in [0.5, 0.6) is 0 Å². The number of aliphatic carboxylic acids is 1. The van der Waals surface area contributed by atoms with E-state index in [-0.39, 0.29) is 29.4 Å². The van der Waals surface area contributed by atoms with E-state index in [4.69, 9.17) is 9.84 Å². The lowest BCUT2D eigenvalue weighted by Gasteiger charge is -2.28. The Hall–Kier alpha value is -1.97. The van der Waals surface area contributed by atoms with Gasteiger partial charge in [0.15, 0.2) is 0 Å². The lowest BCUT2D eigenvalue weighted by molar-refractivity contribution is -0.139. The van der Waals surface area contributed by atoms with Gasteiger partial charge in [-0.2, -0.15) is 0 Å². The maximum Gasteiger partial charge on any atom is 0.305 e. The van der Waals surface area contributed by atoms with Crippen LogP contribution in [0.25, 0.3) is 0 Å². The molecule has 0 saturated carbocycles. The molecule has 0 heterocycles. The van der Waals surface area contributed by atoms with Crippen LogP contribution in [-0.2, 0) is 19.6 Å². The van der Waals surface area contributed by atoms with Crippen molar-refractivity contribution in [3.05, 3.63) is 29.8 Å². The number of carbonyl (C=O) groups excluding carboxylic acids is 1. The van der Waals surface area contributed by atoms with Crippen molar-refractivity contribution in [3.63, 3.8) is 0 Å². The Labute approximate surface area is 154 Å². The highest BCUT2D eigenvalue weighted by molar-refractivity contribution is 7.89. The number of benzene rings is 1. The highest BCUT2D eigenvalue weighted by atomic mass is 32.2. The predicted octanol–water partition coefficient (Wildman–Crippen LogP) is 1.23. The Morgan fingerprint density at radius 2 is 1.81 bits per heavy atom. The minimum Gasteiger partial charge on any atom is -0.481 e. The number of hydrogen-bond donors (Lipinski definition) is 3. The van der Waals surface area contributed by atoms with E-state index in [0.717, 1.165) is 0 Å². The van der Waals surface area contributed by atoms with E-state index in [1.165, 1.54) is 31.4 Å². The first kappa shape index (κ1) is 22.1. The molecular formula is C17H26N2O6S. The average Bonchev–Trinajstić information content (AvgIpc) is 2.52. The summed E-state index contributed by atoms with van der Waals surface area (Å²) in [4.78, 5) is 23.4. The lowest BCUT2D eigenvalue weighted by atomic mass is 9.98. The molecule has 1 rings (SSSR count). The number of carboxylic acid groups (broad SMARTS) is 1. The van der Waals surface area contributed by atoms with Crippen LogP contribution in [0.4, 0.5) is 0 Å². The zero-order valence-corrected chi connectivity index (χ0v) is 16.2. The number of methoxy groups -OCH3 is 1. The molecule has 0 radical (unpaired) electrons. The molecule has 0 saturated heterocycles. The van der Waals surface area contributed by atoms with E-state index in [0.29, 0.717) is 6.54 Å². The highest BCUT2D eigenvalue weighted by Crippen LogP contribution is 2.14. The summed E-state index contributed by atoms with van der Waals surface area (Å²) < 4.78 is 31.8. The van der Waals surface area contributed by atoms with Crippen molar-refractivity contribution in [3.8, 4) is 0 Å². The second-order valence-electron chi connectivity index (χ2n) is 6.79. The Morgan fingerprint density at radius 3 is 2.27 bits per heavy atom. The summed E-state index contributed by atoms with van der Waals surface area (Å²) in [7, 11) is -2.22. The van der Waals surface area contributed by atoms with Crippen LogP contribution in [0, 0.1) is 5.92 Å². The van der Waals surface area contributed by atoms with E-state index in [1.807, 2.05) is 13.8 Å². The summed E-state index contributed by atoms with van der Waals surface area (Å²) in [5, 5.41) is 11.6. The Balaban J connectivity index is 2.90. The minimum absolute atomic E-state index is 0.0244. The summed E-state index contributed by atoms with van der Waals surface area (Å²) in [6.45, 7) is 5.69. The molecule has 1 amide bonds. The fourth-order valence-electron chi connectivity index (χ4n) is 2.28. The normalized spacial score (nSPS) is 14.0. The molecule has 146 valence electrons. The van der Waals surface area contributed by atoms with Crippen LogP contribution < -0.4 is 10.0 Å². The smallest absolute Gasteiger partial charge is 0.305 e. The Kier molecular flexibility index (Phi) is 7.73. The third-order valence-corrected chi connectivity index (χ3v) is 4.97. The van der Waals surface area contributed by atoms with E-state index in [2.05, 4.69) is 10.0 Å². The maximum absolute atomic E-state index is 12.4. The second-order valence-corrected chi connectivity index (χ2v) is 8.56. The number of ether oxygens (including phenoxy) is 1. The molecule has 0 spiro atoms. The number of rotatable bonds is 10. The summed E-state index contributed by atoms with van der Waals surface area (Å²) in [6.07, 6.45) is -0.307. The highest BCUT2D eigenvalue weighted by Gasteiger charge is 2.30. The first-order chi connectivity index (χ1) is 12.0. The number of carbonyl (C=O) groups is 2. The number of hydrogen-bond acceptors (Lipinski definition) is 5. The van der Waals surface area contributed by atoms with Gasteiger partial charge in [0.25, 0.3) is 5.91 Å². The van der Waals surface area contributed by atoms with Gasteiger partial charge < -0.3 is 15.2 Å². The predicted molar refractivity (Wildman–Crippen MR) is 96.5 cm³/mol. The molecule has 0 fully saturated rings. The van der Waals surface area contributed by atoms with E-state index >= 15 is 0 Å². The van der Waals surface area contributed by atoms with Gasteiger partial charge in [-0.1, -0.05) is 13.8 Å². The fraction of sp³-hybridized carbons (Fsp3) is 0.529. The first-order valence-electron chi connectivity index (χ1n) is 8.12. The molecular weight excluding hydrogens is 360 g/mol. The van der Waals surface area contributed by atoms with Gasteiger partial charge in [0, 0.05) is 19.2 Å². The molecule has 0 bridgehead atoms. The van der Waals surface area contributed by atoms with Crippen LogP contribution in [0.3, 0.4) is 0 Å². The van der Waals surface area contributed by atoms with Crippen LogP contribution in [-0.4, -0.2) is 51.2 Å². The number of amides is 1. The molecule has 1 aromatic rings. The SMILES string of the molecule is COCC(C)(CC(=O)O)NC(=O)c1ccc(S(=O)(=O)NCC(C)C)cc1. The Bertz CT molecular complexity index is 730. The van der Waals surface area contributed by atoms with Crippen LogP contribution in [0.1, 0.15) is 37.6 Å². The summed E-state index contributed by atoms with van der Waals surface area (Å²) >= 11 is 0. The van der Waals surface area contributed by atoms with Crippen molar-refractivity contribution in [1.29, 1.82) is 0 Å². The van der Waals surface area contributed by atoms with Crippen LogP contribution >= 0.6 is 0 Å². The van der Waals surface area contributed by atoms with Crippen molar-refractivity contribution >= 4 is 21.9 Å². The van der Waals surface area contributed by atoms with Crippen molar-refractivity contribution in [1.82, 2.24) is 10.0 Å². The average molecular weight is 386 g/mol. The minimum atomic E-state index is -3.64. The molecule has 3 N–H and O–H groups in total. The molecule has 0 aromatic heterocycles. The molecule has 1 aromatic carbocycles. The third-order valence-electron chi connectivity index (χ3n) is 3.53. The van der Waals surface area contributed by atoms with Gasteiger partial charge >= 0.3 is 5.97 Å². The quantitative estimate of drug-likeness (QED) is 0.556. The molecule has 1 unspecified atom stereocenters. The van der Waals surface area contributed by atoms with Crippen molar-refractivity contribution in [2.45, 2.75) is 37.6 Å². The zero-order chi connectivity index (χ0) is 20.0. The largest absolute Gasteiger partial charge is 0.481 e.